The number of benzene rings is 1. The van der Waals surface area contributed by atoms with Gasteiger partial charge in [0, 0.05) is 24.6 Å². The fraction of sp³-hybridized carbons (Fsp3) is 0.182. The Bertz CT molecular complexity index is 621. The van der Waals surface area contributed by atoms with Crippen LogP contribution in [0.2, 0.25) is 0 Å². The molecule has 0 aliphatic carbocycles. The first-order valence-electron chi connectivity index (χ1n) is 4.58. The molecular formula is C11H9BrFNO2. The van der Waals surface area contributed by atoms with E-state index < -0.39 is 5.82 Å². The van der Waals surface area contributed by atoms with E-state index in [2.05, 4.69) is 15.9 Å². The van der Waals surface area contributed by atoms with Crippen LogP contribution in [-0.4, -0.2) is 11.7 Å². The van der Waals surface area contributed by atoms with Crippen LogP contribution in [-0.2, 0) is 7.05 Å². The second kappa shape index (κ2) is 3.90. The van der Waals surface area contributed by atoms with Crippen molar-refractivity contribution >= 4 is 26.8 Å². The van der Waals surface area contributed by atoms with E-state index in [-0.39, 0.29) is 10.0 Å². The Balaban J connectivity index is 2.98. The Morgan fingerprint density at radius 1 is 1.44 bits per heavy atom. The minimum absolute atomic E-state index is 0.184. The van der Waals surface area contributed by atoms with Crippen LogP contribution in [0.4, 0.5) is 4.39 Å². The van der Waals surface area contributed by atoms with E-state index in [1.165, 1.54) is 23.8 Å². The highest BCUT2D eigenvalue weighted by atomic mass is 79.9. The summed E-state index contributed by atoms with van der Waals surface area (Å²) >= 11 is 3.12. The van der Waals surface area contributed by atoms with Crippen molar-refractivity contribution in [2.24, 2.45) is 7.05 Å². The highest BCUT2D eigenvalue weighted by Gasteiger charge is 2.13. The van der Waals surface area contributed by atoms with Gasteiger partial charge >= 0.3 is 0 Å². The van der Waals surface area contributed by atoms with Gasteiger partial charge in [0.1, 0.15) is 11.6 Å². The number of hydrogen-bond donors (Lipinski definition) is 0. The van der Waals surface area contributed by atoms with E-state index in [1.807, 2.05) is 0 Å². The van der Waals surface area contributed by atoms with Gasteiger partial charge in [-0.25, -0.2) is 4.39 Å². The molecular weight excluding hydrogens is 277 g/mol. The van der Waals surface area contributed by atoms with Crippen LogP contribution in [0, 0.1) is 5.82 Å². The molecule has 1 aromatic carbocycles. The molecule has 0 radical (unpaired) electrons. The zero-order valence-corrected chi connectivity index (χ0v) is 10.3. The number of halogens is 2. The van der Waals surface area contributed by atoms with E-state index in [1.54, 1.807) is 13.1 Å². The summed E-state index contributed by atoms with van der Waals surface area (Å²) in [5.74, 6) is -0.0591. The van der Waals surface area contributed by atoms with Gasteiger partial charge in [0.15, 0.2) is 0 Å². The Hall–Kier alpha value is -1.36. The van der Waals surface area contributed by atoms with Gasteiger partial charge in [-0.1, -0.05) is 0 Å². The van der Waals surface area contributed by atoms with Gasteiger partial charge in [-0.3, -0.25) is 4.79 Å². The lowest BCUT2D eigenvalue weighted by molar-refractivity contribution is 0.408. The quantitative estimate of drug-likeness (QED) is 0.806. The first-order chi connectivity index (χ1) is 7.56. The molecule has 0 aliphatic rings. The van der Waals surface area contributed by atoms with Gasteiger partial charge in [0.05, 0.1) is 17.1 Å². The number of nitrogens with zero attached hydrogens (tertiary/aromatic N) is 1. The summed E-state index contributed by atoms with van der Waals surface area (Å²) in [4.78, 5) is 11.4. The van der Waals surface area contributed by atoms with Crippen LogP contribution in [0.15, 0.2) is 27.5 Å². The van der Waals surface area contributed by atoms with E-state index in [0.29, 0.717) is 16.7 Å². The predicted molar refractivity (Wildman–Crippen MR) is 63.4 cm³/mol. The summed E-state index contributed by atoms with van der Waals surface area (Å²) in [5.41, 5.74) is 0.321. The monoisotopic (exact) mass is 285 g/mol. The van der Waals surface area contributed by atoms with E-state index in [0.717, 1.165) is 0 Å². The molecule has 0 aliphatic heterocycles. The standard InChI is InChI=1S/C11H9BrFNO2/c1-14-7-5-8(16-2)10(12)11(13)6(7)3-4-9(14)15/h3-5H,1-2H3. The first kappa shape index (κ1) is 11.1. The topological polar surface area (TPSA) is 31.2 Å². The van der Waals surface area contributed by atoms with Crippen molar-refractivity contribution in [2.75, 3.05) is 7.11 Å². The predicted octanol–water partition coefficient (Wildman–Crippen LogP) is 2.45. The molecule has 0 bridgehead atoms. The second-order valence-electron chi connectivity index (χ2n) is 3.37. The number of aromatic nitrogens is 1. The number of hydrogen-bond acceptors (Lipinski definition) is 2. The van der Waals surface area contributed by atoms with Crippen LogP contribution in [0.25, 0.3) is 10.9 Å². The average Bonchev–Trinajstić information content (AvgIpc) is 2.28. The third-order valence-corrected chi connectivity index (χ3v) is 3.23. The summed E-state index contributed by atoms with van der Waals surface area (Å²) in [6.07, 6.45) is 0. The van der Waals surface area contributed by atoms with Crippen LogP contribution in [0.3, 0.4) is 0 Å². The van der Waals surface area contributed by atoms with Gasteiger partial charge in [0.2, 0.25) is 0 Å². The van der Waals surface area contributed by atoms with Gasteiger partial charge in [0.25, 0.3) is 5.56 Å². The molecule has 84 valence electrons. The van der Waals surface area contributed by atoms with Crippen LogP contribution >= 0.6 is 15.9 Å². The zero-order valence-electron chi connectivity index (χ0n) is 8.75. The average molecular weight is 286 g/mol. The Kier molecular flexibility index (Phi) is 2.71. The summed E-state index contributed by atoms with van der Waals surface area (Å²) in [7, 11) is 3.05. The van der Waals surface area contributed by atoms with Crippen molar-refractivity contribution in [3.63, 3.8) is 0 Å². The van der Waals surface area contributed by atoms with Gasteiger partial charge in [-0.2, -0.15) is 0 Å². The number of fused-ring (bicyclic) bond motifs is 1. The molecule has 2 rings (SSSR count). The molecule has 2 aromatic rings. The maximum absolute atomic E-state index is 13.9. The largest absolute Gasteiger partial charge is 0.495 e. The number of rotatable bonds is 1. The van der Waals surface area contributed by atoms with Crippen molar-refractivity contribution in [1.29, 1.82) is 0 Å². The first-order valence-corrected chi connectivity index (χ1v) is 5.37. The fourth-order valence-corrected chi connectivity index (χ4v) is 2.06. The van der Waals surface area contributed by atoms with Crippen LogP contribution < -0.4 is 10.3 Å². The molecule has 0 spiro atoms. The normalized spacial score (nSPS) is 10.8. The highest BCUT2D eigenvalue weighted by Crippen LogP contribution is 2.33. The number of methoxy groups -OCH3 is 1. The summed E-state index contributed by atoms with van der Waals surface area (Å²) < 4.78 is 20.6. The third kappa shape index (κ3) is 1.51. The molecule has 0 amide bonds. The Labute approximate surface area is 99.6 Å². The highest BCUT2D eigenvalue weighted by molar-refractivity contribution is 9.10. The third-order valence-electron chi connectivity index (χ3n) is 2.49. The maximum atomic E-state index is 13.9. The summed E-state index contributed by atoms with van der Waals surface area (Å²) in [6.45, 7) is 0. The molecule has 3 nitrogen and oxygen atoms in total. The van der Waals surface area contributed by atoms with Crippen molar-refractivity contribution in [2.45, 2.75) is 0 Å². The minimum atomic E-state index is -0.426. The van der Waals surface area contributed by atoms with Gasteiger partial charge < -0.3 is 9.30 Å². The number of pyridine rings is 1. The van der Waals surface area contributed by atoms with Crippen molar-refractivity contribution in [1.82, 2.24) is 4.57 Å². The van der Waals surface area contributed by atoms with E-state index >= 15 is 0 Å². The number of ether oxygens (including phenoxy) is 1. The van der Waals surface area contributed by atoms with Crippen molar-refractivity contribution in [3.05, 3.63) is 38.8 Å². The Morgan fingerprint density at radius 3 is 2.75 bits per heavy atom. The smallest absolute Gasteiger partial charge is 0.250 e. The molecule has 1 aromatic heterocycles. The molecule has 1 heterocycles. The Morgan fingerprint density at radius 2 is 2.12 bits per heavy atom. The van der Waals surface area contributed by atoms with Gasteiger partial charge in [-0.15, -0.1) is 0 Å². The molecule has 0 saturated carbocycles. The molecule has 0 unspecified atom stereocenters. The lowest BCUT2D eigenvalue weighted by Gasteiger charge is -2.10. The van der Waals surface area contributed by atoms with E-state index in [9.17, 15) is 9.18 Å². The second-order valence-corrected chi connectivity index (χ2v) is 4.16. The lowest BCUT2D eigenvalue weighted by Crippen LogP contribution is -2.15. The molecule has 16 heavy (non-hydrogen) atoms. The zero-order chi connectivity index (χ0) is 11.9. The fourth-order valence-electron chi connectivity index (χ4n) is 1.57. The molecule has 0 atom stereocenters. The van der Waals surface area contributed by atoms with Gasteiger partial charge in [-0.05, 0) is 22.0 Å². The van der Waals surface area contributed by atoms with Crippen molar-refractivity contribution in [3.8, 4) is 5.75 Å². The summed E-state index contributed by atoms with van der Waals surface area (Å²) in [5, 5.41) is 0.384. The number of aryl methyl sites for hydroxylation is 1. The lowest BCUT2D eigenvalue weighted by atomic mass is 10.2. The molecule has 0 saturated heterocycles. The summed E-state index contributed by atoms with van der Waals surface area (Å²) in [6, 6.07) is 4.44. The SMILES string of the molecule is COc1cc2c(ccc(=O)n2C)c(F)c1Br. The molecule has 0 N–H and O–H groups in total. The molecule has 5 heteroatoms. The van der Waals surface area contributed by atoms with Crippen LogP contribution in [0.1, 0.15) is 0 Å². The van der Waals surface area contributed by atoms with Crippen LogP contribution in [0.5, 0.6) is 5.75 Å². The minimum Gasteiger partial charge on any atom is -0.495 e. The maximum Gasteiger partial charge on any atom is 0.250 e. The van der Waals surface area contributed by atoms with Crippen molar-refractivity contribution < 1.29 is 9.13 Å². The van der Waals surface area contributed by atoms with E-state index in [4.69, 9.17) is 4.74 Å². The molecule has 0 fully saturated rings.